The van der Waals surface area contributed by atoms with Gasteiger partial charge in [0.05, 0.1) is 5.69 Å². The predicted molar refractivity (Wildman–Crippen MR) is 89.9 cm³/mol. The van der Waals surface area contributed by atoms with Crippen molar-refractivity contribution in [3.8, 4) is 0 Å². The third-order valence-corrected chi connectivity index (χ3v) is 4.61. The molecule has 0 bridgehead atoms. The van der Waals surface area contributed by atoms with E-state index < -0.39 is 0 Å². The van der Waals surface area contributed by atoms with E-state index in [1.165, 1.54) is 16.4 Å². The molecule has 0 aliphatic carbocycles. The van der Waals surface area contributed by atoms with E-state index in [1.54, 1.807) is 37.6 Å². The summed E-state index contributed by atoms with van der Waals surface area (Å²) in [6.07, 6.45) is 5.18. The van der Waals surface area contributed by atoms with E-state index in [9.17, 15) is 4.79 Å². The van der Waals surface area contributed by atoms with Crippen LogP contribution in [0.3, 0.4) is 0 Å². The van der Waals surface area contributed by atoms with Crippen LogP contribution in [0.4, 0.5) is 5.69 Å². The number of carbonyl (C=O) groups is 1. The van der Waals surface area contributed by atoms with Crippen LogP contribution in [0.2, 0.25) is 5.02 Å². The minimum Gasteiger partial charge on any atom is -0.329 e. The Morgan fingerprint density at radius 3 is 2.74 bits per heavy atom. The van der Waals surface area contributed by atoms with Gasteiger partial charge in [-0.3, -0.25) is 9.48 Å². The molecule has 3 aromatic rings. The van der Waals surface area contributed by atoms with Crippen molar-refractivity contribution in [3.63, 3.8) is 0 Å². The molecular formula is C15H14ClN5OS. The Hall–Kier alpha value is -2.25. The van der Waals surface area contributed by atoms with Gasteiger partial charge in [-0.25, -0.2) is 4.98 Å². The predicted octanol–water partition coefficient (Wildman–Crippen LogP) is 3.21. The van der Waals surface area contributed by atoms with E-state index in [0.29, 0.717) is 16.4 Å². The summed E-state index contributed by atoms with van der Waals surface area (Å²) in [5.74, 6) is -0.242. The number of aryl methyl sites for hydroxylation is 2. The summed E-state index contributed by atoms with van der Waals surface area (Å²) in [5, 5.41) is 8.26. The number of halogens is 1. The van der Waals surface area contributed by atoms with Crippen molar-refractivity contribution in [2.45, 2.75) is 10.1 Å². The Morgan fingerprint density at radius 2 is 2.09 bits per heavy atom. The molecule has 0 atom stereocenters. The fourth-order valence-electron chi connectivity index (χ4n) is 2.02. The van der Waals surface area contributed by atoms with Crippen LogP contribution in [0.15, 0.2) is 52.9 Å². The summed E-state index contributed by atoms with van der Waals surface area (Å²) < 4.78 is 3.43. The van der Waals surface area contributed by atoms with Crippen LogP contribution < -0.4 is 5.32 Å². The van der Waals surface area contributed by atoms with Gasteiger partial charge in [-0.15, -0.1) is 0 Å². The van der Waals surface area contributed by atoms with E-state index in [0.717, 1.165) is 10.1 Å². The first kappa shape index (κ1) is 15.6. The van der Waals surface area contributed by atoms with Gasteiger partial charge in [-0.2, -0.15) is 5.10 Å². The van der Waals surface area contributed by atoms with Crippen LogP contribution in [-0.2, 0) is 14.1 Å². The fraction of sp³-hybridized carbons (Fsp3) is 0.133. The van der Waals surface area contributed by atoms with Crippen LogP contribution >= 0.6 is 23.4 Å². The molecule has 0 fully saturated rings. The third kappa shape index (κ3) is 3.40. The first-order chi connectivity index (χ1) is 11.0. The normalized spacial score (nSPS) is 10.7. The number of nitrogens with one attached hydrogen (secondary N) is 1. The molecule has 2 aromatic heterocycles. The van der Waals surface area contributed by atoms with E-state index in [1.807, 2.05) is 23.9 Å². The van der Waals surface area contributed by atoms with Crippen molar-refractivity contribution in [1.29, 1.82) is 0 Å². The second-order valence-corrected chi connectivity index (χ2v) is 6.30. The van der Waals surface area contributed by atoms with Crippen LogP contribution in [0, 0.1) is 0 Å². The number of amides is 1. The summed E-state index contributed by atoms with van der Waals surface area (Å²) in [4.78, 5) is 17.5. The van der Waals surface area contributed by atoms with Gasteiger partial charge >= 0.3 is 0 Å². The number of imidazole rings is 1. The highest BCUT2D eigenvalue weighted by atomic mass is 35.5. The van der Waals surface area contributed by atoms with E-state index in [2.05, 4.69) is 15.4 Å². The van der Waals surface area contributed by atoms with Crippen molar-refractivity contribution in [2.75, 3.05) is 5.32 Å². The zero-order valence-corrected chi connectivity index (χ0v) is 14.1. The highest BCUT2D eigenvalue weighted by Gasteiger charge is 2.14. The van der Waals surface area contributed by atoms with Crippen molar-refractivity contribution in [3.05, 3.63) is 53.6 Å². The molecule has 0 aliphatic heterocycles. The number of hydrogen-bond donors (Lipinski definition) is 1. The quantitative estimate of drug-likeness (QED) is 0.787. The summed E-state index contributed by atoms with van der Waals surface area (Å²) in [5.41, 5.74) is 1.11. The van der Waals surface area contributed by atoms with E-state index in [-0.39, 0.29) is 5.91 Å². The Labute approximate surface area is 142 Å². The lowest BCUT2D eigenvalue weighted by Gasteiger charge is -2.11. The highest BCUT2D eigenvalue weighted by Crippen LogP contribution is 2.34. The number of anilines is 1. The lowest BCUT2D eigenvalue weighted by Crippen LogP contribution is -2.16. The van der Waals surface area contributed by atoms with Gasteiger partial charge in [0, 0.05) is 42.6 Å². The smallest absolute Gasteiger partial charge is 0.273 e. The van der Waals surface area contributed by atoms with Gasteiger partial charge in [0.25, 0.3) is 5.91 Å². The largest absolute Gasteiger partial charge is 0.329 e. The van der Waals surface area contributed by atoms with Gasteiger partial charge in [-0.05, 0) is 36.0 Å². The van der Waals surface area contributed by atoms with Crippen LogP contribution in [-0.4, -0.2) is 25.2 Å². The maximum Gasteiger partial charge on any atom is 0.273 e. The molecule has 0 spiro atoms. The number of benzene rings is 1. The molecule has 8 heteroatoms. The molecular weight excluding hydrogens is 334 g/mol. The fourth-order valence-corrected chi connectivity index (χ4v) is 3.06. The number of nitrogens with zero attached hydrogens (tertiary/aromatic N) is 4. The number of hydrogen-bond acceptors (Lipinski definition) is 4. The SMILES string of the molecule is Cn1ccnc1Sc1ccc(Cl)cc1NC(=O)c1ccnn1C. The average molecular weight is 348 g/mol. The molecule has 6 nitrogen and oxygen atoms in total. The highest BCUT2D eigenvalue weighted by molar-refractivity contribution is 7.99. The van der Waals surface area contributed by atoms with Crippen molar-refractivity contribution in [2.24, 2.45) is 14.1 Å². The topological polar surface area (TPSA) is 64.7 Å². The number of carbonyl (C=O) groups excluding carboxylic acids is 1. The average Bonchev–Trinajstić information content (AvgIpc) is 3.11. The molecule has 0 saturated heterocycles. The standard InChI is InChI=1S/C15H14ClN5OS/c1-20-8-7-17-15(20)23-13-4-3-10(16)9-11(13)19-14(22)12-5-6-18-21(12)2/h3-9H,1-2H3,(H,19,22). The summed E-state index contributed by atoms with van der Waals surface area (Å²) in [7, 11) is 3.63. The van der Waals surface area contributed by atoms with Gasteiger partial charge in [0.2, 0.25) is 0 Å². The Kier molecular flexibility index (Phi) is 4.40. The second kappa shape index (κ2) is 6.47. The summed E-state index contributed by atoms with van der Waals surface area (Å²) in [6, 6.07) is 7.03. The van der Waals surface area contributed by atoms with Gasteiger partial charge in [-0.1, -0.05) is 11.6 Å². The minimum absolute atomic E-state index is 0.242. The molecule has 1 amide bonds. The first-order valence-electron chi connectivity index (χ1n) is 6.78. The number of rotatable bonds is 4. The molecule has 1 N–H and O–H groups in total. The van der Waals surface area contributed by atoms with Gasteiger partial charge in [0.15, 0.2) is 5.16 Å². The lowest BCUT2D eigenvalue weighted by atomic mass is 10.3. The van der Waals surface area contributed by atoms with Gasteiger partial charge in [0.1, 0.15) is 5.69 Å². The molecule has 118 valence electrons. The monoisotopic (exact) mass is 347 g/mol. The minimum atomic E-state index is -0.242. The van der Waals surface area contributed by atoms with Crippen molar-refractivity contribution < 1.29 is 4.79 Å². The summed E-state index contributed by atoms with van der Waals surface area (Å²) in [6.45, 7) is 0. The molecule has 1 aromatic carbocycles. The number of aromatic nitrogens is 4. The van der Waals surface area contributed by atoms with E-state index in [4.69, 9.17) is 11.6 Å². The van der Waals surface area contributed by atoms with Crippen LogP contribution in [0.5, 0.6) is 0 Å². The molecule has 3 rings (SSSR count). The first-order valence-corrected chi connectivity index (χ1v) is 7.98. The Morgan fingerprint density at radius 1 is 1.26 bits per heavy atom. The summed E-state index contributed by atoms with van der Waals surface area (Å²) >= 11 is 7.53. The van der Waals surface area contributed by atoms with Crippen LogP contribution in [0.1, 0.15) is 10.5 Å². The van der Waals surface area contributed by atoms with Crippen molar-refractivity contribution in [1.82, 2.24) is 19.3 Å². The second-order valence-electron chi connectivity index (χ2n) is 4.86. The van der Waals surface area contributed by atoms with Gasteiger partial charge < -0.3 is 9.88 Å². The van der Waals surface area contributed by atoms with Crippen LogP contribution in [0.25, 0.3) is 0 Å². The zero-order chi connectivity index (χ0) is 16.4. The third-order valence-electron chi connectivity index (χ3n) is 3.22. The van der Waals surface area contributed by atoms with Crippen molar-refractivity contribution >= 4 is 35.0 Å². The molecule has 0 saturated carbocycles. The molecule has 2 heterocycles. The maximum atomic E-state index is 12.4. The Bertz CT molecular complexity index is 857. The Balaban J connectivity index is 1.89. The molecule has 0 radical (unpaired) electrons. The maximum absolute atomic E-state index is 12.4. The molecule has 23 heavy (non-hydrogen) atoms. The van der Waals surface area contributed by atoms with E-state index >= 15 is 0 Å². The molecule has 0 unspecified atom stereocenters. The zero-order valence-electron chi connectivity index (χ0n) is 12.5. The molecule has 0 aliphatic rings. The lowest BCUT2D eigenvalue weighted by molar-refractivity contribution is 0.101.